The number of halogens is 3. The highest BCUT2D eigenvalue weighted by Crippen LogP contribution is 2.52. The molecule has 1 saturated carbocycles. The molecule has 2 aliphatic carbocycles. The van der Waals surface area contributed by atoms with Gasteiger partial charge in [-0.25, -0.2) is 13.6 Å². The molecule has 1 fully saturated rings. The second-order valence-electron chi connectivity index (χ2n) is 15.6. The summed E-state index contributed by atoms with van der Waals surface area (Å²) in [7, 11) is -1.36. The van der Waals surface area contributed by atoms with Gasteiger partial charge in [0, 0.05) is 42.1 Å². The molecule has 9 heteroatoms. The smallest absolute Gasteiger partial charge is 0.337 e. The SMILES string of the molecule is COC(=O)c1ccc2c(c1)N(C[C@@H]1CC[C@H]1CO[Si](c1ccccc1)(c1ccccc1)C(C)(C)C)CC1(CCC(F)(F)c3cc(Cl)ccc31)CO2. The van der Waals surface area contributed by atoms with Gasteiger partial charge in [0.2, 0.25) is 0 Å². The molecule has 3 aliphatic rings. The van der Waals surface area contributed by atoms with E-state index < -0.39 is 25.6 Å². The van der Waals surface area contributed by atoms with E-state index in [1.807, 2.05) is 6.07 Å². The Labute approximate surface area is 306 Å². The highest BCUT2D eigenvalue weighted by atomic mass is 35.5. The Morgan fingerprint density at radius 3 is 2.18 bits per heavy atom. The van der Waals surface area contributed by atoms with E-state index in [1.165, 1.54) is 23.5 Å². The van der Waals surface area contributed by atoms with E-state index in [0.717, 1.165) is 18.5 Å². The molecule has 0 aromatic heterocycles. The minimum Gasteiger partial charge on any atom is -0.490 e. The summed E-state index contributed by atoms with van der Waals surface area (Å²) >= 11 is 6.28. The Bertz CT molecular complexity index is 1850. The van der Waals surface area contributed by atoms with E-state index >= 15 is 8.78 Å². The lowest BCUT2D eigenvalue weighted by Gasteiger charge is -2.47. The van der Waals surface area contributed by atoms with Crippen molar-refractivity contribution < 1.29 is 27.5 Å². The summed E-state index contributed by atoms with van der Waals surface area (Å²) in [5.74, 6) is -2.19. The molecule has 3 atom stereocenters. The first kappa shape index (κ1) is 35.7. The van der Waals surface area contributed by atoms with Crippen LogP contribution in [0.3, 0.4) is 0 Å². The number of alkyl halides is 2. The topological polar surface area (TPSA) is 48.0 Å². The van der Waals surface area contributed by atoms with Crippen LogP contribution in [-0.2, 0) is 20.5 Å². The third-order valence-corrected chi connectivity index (χ3v) is 16.8. The van der Waals surface area contributed by atoms with Crippen molar-refractivity contribution in [3.63, 3.8) is 0 Å². The number of nitrogens with zero attached hydrogens (tertiary/aromatic N) is 1. The van der Waals surface area contributed by atoms with E-state index in [0.29, 0.717) is 53.4 Å². The first-order valence-corrected chi connectivity index (χ1v) is 20.2. The van der Waals surface area contributed by atoms with Crippen molar-refractivity contribution in [3.8, 4) is 5.75 Å². The van der Waals surface area contributed by atoms with Crippen molar-refractivity contribution in [1.29, 1.82) is 0 Å². The molecule has 0 N–H and O–H groups in total. The molecule has 1 heterocycles. The maximum atomic E-state index is 15.4. The number of methoxy groups -OCH3 is 1. The van der Waals surface area contributed by atoms with Gasteiger partial charge in [-0.2, -0.15) is 0 Å². The van der Waals surface area contributed by atoms with Crippen LogP contribution in [0.1, 0.15) is 67.9 Å². The molecular weight excluding hydrogens is 684 g/mol. The lowest BCUT2D eigenvalue weighted by molar-refractivity contribution is -0.0361. The van der Waals surface area contributed by atoms with E-state index in [-0.39, 0.29) is 30.1 Å². The maximum Gasteiger partial charge on any atom is 0.337 e. The van der Waals surface area contributed by atoms with Gasteiger partial charge in [-0.05, 0) is 82.4 Å². The second kappa shape index (κ2) is 13.7. The van der Waals surface area contributed by atoms with Gasteiger partial charge in [-0.1, -0.05) is 99.1 Å². The Morgan fingerprint density at radius 1 is 0.902 bits per heavy atom. The van der Waals surface area contributed by atoms with Gasteiger partial charge < -0.3 is 18.8 Å². The number of carbonyl (C=O) groups excluding carboxylic acids is 1. The summed E-state index contributed by atoms with van der Waals surface area (Å²) in [5.41, 5.74) is 1.06. The Morgan fingerprint density at radius 2 is 1.57 bits per heavy atom. The number of fused-ring (bicyclic) bond motifs is 3. The van der Waals surface area contributed by atoms with Crippen LogP contribution in [-0.4, -0.2) is 47.7 Å². The van der Waals surface area contributed by atoms with Crippen LogP contribution >= 0.6 is 11.6 Å². The van der Waals surface area contributed by atoms with E-state index in [9.17, 15) is 4.79 Å². The van der Waals surface area contributed by atoms with Gasteiger partial charge in [-0.3, -0.25) is 0 Å². The van der Waals surface area contributed by atoms with Gasteiger partial charge >= 0.3 is 5.97 Å². The van der Waals surface area contributed by atoms with E-state index in [4.69, 9.17) is 25.5 Å². The van der Waals surface area contributed by atoms with Crippen LogP contribution in [0.2, 0.25) is 10.1 Å². The fraction of sp³-hybridized carbons (Fsp3) is 0.405. The molecule has 4 aromatic rings. The number of carbonyl (C=O) groups is 1. The van der Waals surface area contributed by atoms with Gasteiger partial charge in [0.05, 0.1) is 25.0 Å². The predicted octanol–water partition coefficient (Wildman–Crippen LogP) is 8.75. The van der Waals surface area contributed by atoms with Gasteiger partial charge in [0.1, 0.15) is 5.75 Å². The lowest BCUT2D eigenvalue weighted by atomic mass is 9.68. The molecule has 1 spiro atoms. The molecule has 4 aromatic carbocycles. The Balaban J connectivity index is 1.22. The molecule has 51 heavy (non-hydrogen) atoms. The number of anilines is 1. The van der Waals surface area contributed by atoms with Crippen LogP contribution in [0.15, 0.2) is 97.1 Å². The van der Waals surface area contributed by atoms with Gasteiger partial charge in [-0.15, -0.1) is 0 Å². The van der Waals surface area contributed by atoms with E-state index in [2.05, 4.69) is 86.3 Å². The zero-order valence-electron chi connectivity index (χ0n) is 29.8. The fourth-order valence-electron chi connectivity index (χ4n) is 8.64. The molecular formula is C42H46ClF2NO4Si. The molecule has 0 bridgehead atoms. The van der Waals surface area contributed by atoms with Crippen LogP contribution in [0.5, 0.6) is 5.75 Å². The predicted molar refractivity (Wildman–Crippen MR) is 202 cm³/mol. The molecule has 0 amide bonds. The van der Waals surface area contributed by atoms with Crippen molar-refractivity contribution in [2.24, 2.45) is 11.8 Å². The second-order valence-corrected chi connectivity index (χ2v) is 20.3. The Hall–Kier alpha value is -3.72. The third kappa shape index (κ3) is 6.49. The fourth-order valence-corrected chi connectivity index (χ4v) is 13.4. The zero-order valence-corrected chi connectivity index (χ0v) is 31.5. The number of benzene rings is 4. The average Bonchev–Trinajstić information content (AvgIpc) is 3.27. The minimum atomic E-state index is -2.98. The molecule has 5 nitrogen and oxygen atoms in total. The van der Waals surface area contributed by atoms with Crippen LogP contribution in [0.4, 0.5) is 14.5 Å². The standard InChI is InChI=1S/C42H46ClF2NO4Si/c1-40(2,3)51(33-11-7-5-8-12-33,34-13-9-6-10-14-34)50-26-31-16-15-30(31)25-46-27-41(21-22-42(44,45)36-24-32(43)18-19-35(36)41)28-49-38-20-17-29(23-37(38)46)39(47)48-4/h5-14,17-20,23-24,30-31H,15-16,21-22,25-28H2,1-4H3/t30-,31-,41?/m0/s1. The summed E-state index contributed by atoms with van der Waals surface area (Å²) < 4.78 is 49.8. The van der Waals surface area contributed by atoms with E-state index in [1.54, 1.807) is 24.3 Å². The largest absolute Gasteiger partial charge is 0.490 e. The Kier molecular flexibility index (Phi) is 9.57. The number of ether oxygens (including phenoxy) is 2. The number of hydrogen-bond acceptors (Lipinski definition) is 5. The lowest BCUT2D eigenvalue weighted by Crippen LogP contribution is -2.67. The molecule has 1 unspecified atom stereocenters. The van der Waals surface area contributed by atoms with Crippen molar-refractivity contribution in [2.45, 2.75) is 62.8 Å². The van der Waals surface area contributed by atoms with Gasteiger partial charge in [0.15, 0.2) is 0 Å². The van der Waals surface area contributed by atoms with Crippen molar-refractivity contribution in [2.75, 3.05) is 38.3 Å². The van der Waals surface area contributed by atoms with Crippen LogP contribution in [0.25, 0.3) is 0 Å². The highest BCUT2D eigenvalue weighted by molar-refractivity contribution is 6.99. The van der Waals surface area contributed by atoms with Gasteiger partial charge in [0.25, 0.3) is 14.2 Å². The molecule has 268 valence electrons. The van der Waals surface area contributed by atoms with Crippen molar-refractivity contribution in [3.05, 3.63) is 119 Å². The summed E-state index contributed by atoms with van der Waals surface area (Å²) in [4.78, 5) is 15.0. The van der Waals surface area contributed by atoms with Crippen LogP contribution in [0, 0.1) is 11.8 Å². The summed E-state index contributed by atoms with van der Waals surface area (Å²) in [6, 6.07) is 31.6. The number of hydrogen-bond donors (Lipinski definition) is 0. The highest BCUT2D eigenvalue weighted by Gasteiger charge is 2.53. The molecule has 1 aliphatic heterocycles. The molecule has 7 rings (SSSR count). The minimum absolute atomic E-state index is 0.0220. The summed E-state index contributed by atoms with van der Waals surface area (Å²) in [5, 5.41) is 2.67. The maximum absolute atomic E-state index is 15.4. The van der Waals surface area contributed by atoms with Crippen LogP contribution < -0.4 is 20.0 Å². The average molecular weight is 730 g/mol. The summed E-state index contributed by atoms with van der Waals surface area (Å²) in [6.45, 7) is 8.89. The zero-order chi connectivity index (χ0) is 36.0. The first-order chi connectivity index (χ1) is 24.4. The first-order valence-electron chi connectivity index (χ1n) is 17.9. The number of rotatable bonds is 8. The third-order valence-electron chi connectivity index (χ3n) is 11.5. The van der Waals surface area contributed by atoms with Crippen molar-refractivity contribution >= 4 is 41.9 Å². The number of esters is 1. The summed E-state index contributed by atoms with van der Waals surface area (Å²) in [6.07, 6.45) is 2.03. The molecule has 0 radical (unpaired) electrons. The monoisotopic (exact) mass is 729 g/mol. The van der Waals surface area contributed by atoms with Crippen molar-refractivity contribution in [1.82, 2.24) is 0 Å². The molecule has 0 saturated heterocycles. The quantitative estimate of drug-likeness (QED) is 0.134. The normalized spacial score (nSPS) is 22.6.